The standard InChI is InChI=1S/C18H14ClF3N2O3/c1-17(2)15(25)24(16(26)23-17)11-5-8-14(13(9-11)18(20,21)22)27-12-6-3-10(19)4-7-12/h3-9H,1-2H3,(H,23,26). The van der Waals surface area contributed by atoms with E-state index in [4.69, 9.17) is 16.3 Å². The van der Waals surface area contributed by atoms with Gasteiger partial charge in [-0.05, 0) is 56.3 Å². The van der Waals surface area contributed by atoms with E-state index in [1.165, 1.54) is 44.2 Å². The van der Waals surface area contributed by atoms with Gasteiger partial charge >= 0.3 is 12.2 Å². The molecular formula is C18H14ClF3N2O3. The summed E-state index contributed by atoms with van der Waals surface area (Å²) in [5.74, 6) is -0.944. The molecule has 0 aromatic heterocycles. The lowest BCUT2D eigenvalue weighted by molar-refractivity contribution is -0.138. The predicted molar refractivity (Wildman–Crippen MR) is 93.1 cm³/mol. The fraction of sp³-hybridized carbons (Fsp3) is 0.222. The fourth-order valence-corrected chi connectivity index (χ4v) is 2.71. The minimum absolute atomic E-state index is 0.161. The first-order valence-electron chi connectivity index (χ1n) is 7.80. The number of amides is 3. The first-order valence-corrected chi connectivity index (χ1v) is 8.18. The lowest BCUT2D eigenvalue weighted by Gasteiger charge is -2.19. The number of carbonyl (C=O) groups excluding carboxylic acids is 2. The predicted octanol–water partition coefficient (Wildman–Crippen LogP) is 4.99. The first-order chi connectivity index (χ1) is 12.5. The summed E-state index contributed by atoms with van der Waals surface area (Å²) in [4.78, 5) is 25.0. The Morgan fingerprint density at radius 1 is 1.07 bits per heavy atom. The Bertz CT molecular complexity index is 911. The van der Waals surface area contributed by atoms with Crippen molar-refractivity contribution in [3.63, 3.8) is 0 Å². The average molecular weight is 399 g/mol. The molecule has 0 saturated carbocycles. The SMILES string of the molecule is CC1(C)NC(=O)N(c2ccc(Oc3ccc(Cl)cc3)c(C(F)(F)F)c2)C1=O. The number of halogens is 4. The highest BCUT2D eigenvalue weighted by Gasteiger charge is 2.46. The van der Waals surface area contributed by atoms with Gasteiger partial charge in [-0.15, -0.1) is 0 Å². The number of rotatable bonds is 3. The van der Waals surface area contributed by atoms with Crippen molar-refractivity contribution in [1.82, 2.24) is 5.32 Å². The number of hydrogen-bond donors (Lipinski definition) is 1. The topological polar surface area (TPSA) is 58.6 Å². The number of ether oxygens (including phenoxy) is 1. The van der Waals surface area contributed by atoms with Crippen LogP contribution in [0.3, 0.4) is 0 Å². The maximum atomic E-state index is 13.5. The van der Waals surface area contributed by atoms with Crippen molar-refractivity contribution >= 4 is 29.2 Å². The molecule has 1 aliphatic heterocycles. The van der Waals surface area contributed by atoms with Crippen LogP contribution in [0.15, 0.2) is 42.5 Å². The van der Waals surface area contributed by atoms with Gasteiger partial charge in [-0.1, -0.05) is 11.6 Å². The van der Waals surface area contributed by atoms with E-state index in [2.05, 4.69) is 5.32 Å². The van der Waals surface area contributed by atoms with E-state index in [9.17, 15) is 22.8 Å². The molecule has 142 valence electrons. The highest BCUT2D eigenvalue weighted by molar-refractivity contribution is 6.30. The van der Waals surface area contributed by atoms with Gasteiger partial charge in [0.05, 0.1) is 5.69 Å². The number of carbonyl (C=O) groups is 2. The van der Waals surface area contributed by atoms with Crippen LogP contribution in [0.4, 0.5) is 23.7 Å². The van der Waals surface area contributed by atoms with Crippen LogP contribution in [-0.4, -0.2) is 17.5 Å². The van der Waals surface area contributed by atoms with Gasteiger partial charge in [0.15, 0.2) is 0 Å². The van der Waals surface area contributed by atoms with Crippen molar-refractivity contribution in [2.45, 2.75) is 25.6 Å². The Hall–Kier alpha value is -2.74. The van der Waals surface area contributed by atoms with Gasteiger partial charge in [0.2, 0.25) is 0 Å². The lowest BCUT2D eigenvalue weighted by Crippen LogP contribution is -2.40. The van der Waals surface area contributed by atoms with Gasteiger partial charge < -0.3 is 10.1 Å². The van der Waals surface area contributed by atoms with Crippen LogP contribution >= 0.6 is 11.6 Å². The van der Waals surface area contributed by atoms with Crippen molar-refractivity contribution in [1.29, 1.82) is 0 Å². The van der Waals surface area contributed by atoms with Crippen LogP contribution in [0, 0.1) is 0 Å². The highest BCUT2D eigenvalue weighted by atomic mass is 35.5. The zero-order valence-corrected chi connectivity index (χ0v) is 15.0. The van der Waals surface area contributed by atoms with E-state index in [0.29, 0.717) is 16.0 Å². The second-order valence-corrected chi connectivity index (χ2v) is 6.87. The van der Waals surface area contributed by atoms with Crippen molar-refractivity contribution in [3.8, 4) is 11.5 Å². The second kappa shape index (κ2) is 6.45. The van der Waals surface area contributed by atoms with Crippen LogP contribution in [0.2, 0.25) is 5.02 Å². The maximum absolute atomic E-state index is 13.5. The Morgan fingerprint density at radius 3 is 2.22 bits per heavy atom. The molecule has 1 N–H and O–H groups in total. The molecule has 1 aliphatic rings. The van der Waals surface area contributed by atoms with Crippen molar-refractivity contribution in [3.05, 3.63) is 53.1 Å². The third kappa shape index (κ3) is 3.71. The Labute approximate surface area is 157 Å². The molecule has 1 fully saturated rings. The van der Waals surface area contributed by atoms with Crippen molar-refractivity contribution < 1.29 is 27.5 Å². The van der Waals surface area contributed by atoms with Crippen molar-refractivity contribution in [2.75, 3.05) is 4.90 Å². The average Bonchev–Trinajstić information content (AvgIpc) is 2.77. The summed E-state index contributed by atoms with van der Waals surface area (Å²) >= 11 is 5.75. The van der Waals surface area contributed by atoms with Crippen LogP contribution < -0.4 is 15.0 Å². The summed E-state index contributed by atoms with van der Waals surface area (Å²) < 4.78 is 45.9. The molecule has 2 aromatic rings. The van der Waals surface area contributed by atoms with Gasteiger partial charge in [0.1, 0.15) is 22.6 Å². The Kier molecular flexibility index (Phi) is 4.55. The summed E-state index contributed by atoms with van der Waals surface area (Å²) in [6, 6.07) is 8.03. The van der Waals surface area contributed by atoms with E-state index in [1.807, 2.05) is 0 Å². The van der Waals surface area contributed by atoms with E-state index in [1.54, 1.807) is 0 Å². The van der Waals surface area contributed by atoms with Gasteiger partial charge in [-0.2, -0.15) is 13.2 Å². The molecule has 3 amide bonds. The lowest BCUT2D eigenvalue weighted by atomic mass is 10.1. The number of nitrogens with one attached hydrogen (secondary N) is 1. The number of urea groups is 1. The van der Waals surface area contributed by atoms with E-state index >= 15 is 0 Å². The molecule has 1 saturated heterocycles. The smallest absolute Gasteiger partial charge is 0.420 e. The number of anilines is 1. The molecule has 0 spiro atoms. The van der Waals surface area contributed by atoms with Crippen LogP contribution in [0.1, 0.15) is 19.4 Å². The van der Waals surface area contributed by atoms with Crippen LogP contribution in [0.25, 0.3) is 0 Å². The second-order valence-electron chi connectivity index (χ2n) is 6.43. The summed E-state index contributed by atoms with van der Waals surface area (Å²) in [7, 11) is 0. The third-order valence-electron chi connectivity index (χ3n) is 3.93. The summed E-state index contributed by atoms with van der Waals surface area (Å²) in [6.07, 6.45) is -4.76. The Balaban J connectivity index is 2.01. The molecule has 27 heavy (non-hydrogen) atoms. The molecule has 0 atom stereocenters. The maximum Gasteiger partial charge on any atom is 0.420 e. The zero-order chi connectivity index (χ0) is 20.0. The zero-order valence-electron chi connectivity index (χ0n) is 14.2. The molecule has 0 aliphatic carbocycles. The van der Waals surface area contributed by atoms with Gasteiger partial charge in [-0.3, -0.25) is 4.79 Å². The van der Waals surface area contributed by atoms with Crippen LogP contribution in [-0.2, 0) is 11.0 Å². The van der Waals surface area contributed by atoms with Crippen molar-refractivity contribution in [2.24, 2.45) is 0 Å². The minimum Gasteiger partial charge on any atom is -0.457 e. The molecule has 0 bridgehead atoms. The summed E-state index contributed by atoms with van der Waals surface area (Å²) in [5.41, 5.74) is -2.51. The molecular weight excluding hydrogens is 385 g/mol. The van der Waals surface area contributed by atoms with E-state index < -0.39 is 35.0 Å². The molecule has 0 unspecified atom stereocenters. The van der Waals surface area contributed by atoms with Crippen LogP contribution in [0.5, 0.6) is 11.5 Å². The molecule has 1 heterocycles. The number of benzene rings is 2. The van der Waals surface area contributed by atoms with Gasteiger partial charge in [-0.25, -0.2) is 9.69 Å². The number of imide groups is 1. The molecule has 2 aromatic carbocycles. The quantitative estimate of drug-likeness (QED) is 0.741. The van der Waals surface area contributed by atoms with E-state index in [-0.39, 0.29) is 11.4 Å². The highest BCUT2D eigenvalue weighted by Crippen LogP contribution is 2.41. The fourth-order valence-electron chi connectivity index (χ4n) is 2.58. The largest absolute Gasteiger partial charge is 0.457 e. The van der Waals surface area contributed by atoms with Gasteiger partial charge in [0, 0.05) is 5.02 Å². The monoisotopic (exact) mass is 398 g/mol. The number of alkyl halides is 3. The summed E-state index contributed by atoms with van der Waals surface area (Å²) in [6.45, 7) is 2.94. The molecule has 9 heteroatoms. The minimum atomic E-state index is -4.76. The number of nitrogens with zero attached hydrogens (tertiary/aromatic N) is 1. The molecule has 3 rings (SSSR count). The number of hydrogen-bond acceptors (Lipinski definition) is 3. The van der Waals surface area contributed by atoms with E-state index in [0.717, 1.165) is 6.07 Å². The first kappa shape index (κ1) is 19.0. The molecule has 0 radical (unpaired) electrons. The Morgan fingerprint density at radius 2 is 1.70 bits per heavy atom. The summed E-state index contributed by atoms with van der Waals surface area (Å²) in [5, 5.41) is 2.83. The third-order valence-corrected chi connectivity index (χ3v) is 4.18. The van der Waals surface area contributed by atoms with Gasteiger partial charge in [0.25, 0.3) is 5.91 Å². The molecule has 5 nitrogen and oxygen atoms in total. The normalized spacial score (nSPS) is 16.4.